The molecule has 168 valence electrons. The second-order valence-electron chi connectivity index (χ2n) is 8.32. The van der Waals surface area contributed by atoms with E-state index in [9.17, 15) is 14.4 Å². The number of benzene rings is 2. The summed E-state index contributed by atoms with van der Waals surface area (Å²) in [5.74, 6) is -0.460. The van der Waals surface area contributed by atoms with E-state index in [0.29, 0.717) is 42.1 Å². The number of nitrogens with one attached hydrogen (secondary N) is 2. The molecule has 1 saturated heterocycles. The number of anilines is 1. The monoisotopic (exact) mass is 479 g/mol. The number of fused-ring (bicyclic) bond motifs is 2. The molecule has 2 N–H and O–H groups in total. The van der Waals surface area contributed by atoms with E-state index in [2.05, 4.69) is 10.6 Å². The molecule has 33 heavy (non-hydrogen) atoms. The van der Waals surface area contributed by atoms with Crippen LogP contribution >= 0.6 is 22.9 Å². The van der Waals surface area contributed by atoms with E-state index in [-0.39, 0.29) is 23.8 Å². The van der Waals surface area contributed by atoms with Gasteiger partial charge in [0.15, 0.2) is 0 Å². The molecule has 0 radical (unpaired) electrons. The lowest BCUT2D eigenvalue weighted by molar-refractivity contribution is -0.124. The second kappa shape index (κ2) is 9.00. The Morgan fingerprint density at radius 1 is 1.12 bits per heavy atom. The highest BCUT2D eigenvalue weighted by atomic mass is 35.5. The average molecular weight is 480 g/mol. The number of thiophene rings is 1. The van der Waals surface area contributed by atoms with Crippen molar-refractivity contribution in [2.45, 2.75) is 31.3 Å². The highest BCUT2D eigenvalue weighted by Gasteiger charge is 2.40. The predicted molar refractivity (Wildman–Crippen MR) is 130 cm³/mol. The first kappa shape index (κ1) is 21.7. The molecule has 0 unspecified atom stereocenters. The van der Waals surface area contributed by atoms with Gasteiger partial charge in [-0.25, -0.2) is 0 Å². The van der Waals surface area contributed by atoms with Crippen molar-refractivity contribution in [3.8, 4) is 11.1 Å². The van der Waals surface area contributed by atoms with E-state index in [1.54, 1.807) is 34.4 Å². The van der Waals surface area contributed by atoms with E-state index in [4.69, 9.17) is 11.6 Å². The number of piperidine rings is 1. The summed E-state index contributed by atoms with van der Waals surface area (Å²) in [6.07, 6.45) is 1.33. The molecule has 0 spiro atoms. The summed E-state index contributed by atoms with van der Waals surface area (Å²) in [5, 5.41) is 8.54. The molecule has 0 saturated carbocycles. The Hall–Kier alpha value is -3.16. The molecule has 0 bridgehead atoms. The minimum Gasteiger partial charge on any atom is -0.353 e. The standard InChI is InChI=1S/C25H22ClN3O3S/c26-17-6-3-15(4-7-17)16-5-8-21-20(12-16)25(32)29-10-9-18(13-22(29)24(31)28-21)27-23(30)14-19-2-1-11-33-19/h1-8,11-12,18,22H,9-10,13-14H2,(H,27,30)(H,28,31)/t18-,22-/m0/s1. The molecule has 2 atom stereocenters. The lowest BCUT2D eigenvalue weighted by atomic mass is 9.95. The van der Waals surface area contributed by atoms with Gasteiger partial charge in [0.05, 0.1) is 17.7 Å². The number of amides is 3. The van der Waals surface area contributed by atoms with Crippen molar-refractivity contribution in [1.29, 1.82) is 0 Å². The lowest BCUT2D eigenvalue weighted by Gasteiger charge is -2.37. The van der Waals surface area contributed by atoms with Gasteiger partial charge in [0.25, 0.3) is 5.91 Å². The first-order chi connectivity index (χ1) is 16.0. The van der Waals surface area contributed by atoms with Gasteiger partial charge in [0, 0.05) is 22.5 Å². The highest BCUT2D eigenvalue weighted by molar-refractivity contribution is 7.10. The summed E-state index contributed by atoms with van der Waals surface area (Å²) in [5.41, 5.74) is 2.80. The Morgan fingerprint density at radius 2 is 1.91 bits per heavy atom. The van der Waals surface area contributed by atoms with Gasteiger partial charge in [-0.1, -0.05) is 35.9 Å². The molecule has 2 aliphatic heterocycles. The number of rotatable bonds is 4. The van der Waals surface area contributed by atoms with Gasteiger partial charge in [-0.2, -0.15) is 0 Å². The van der Waals surface area contributed by atoms with Gasteiger partial charge >= 0.3 is 0 Å². The SMILES string of the molecule is O=C(Cc1cccs1)N[C@H]1CCN2C(=O)c3cc(-c4ccc(Cl)cc4)ccc3NC(=O)[C@@H]2C1. The topological polar surface area (TPSA) is 78.5 Å². The Kier molecular flexibility index (Phi) is 5.91. The van der Waals surface area contributed by atoms with Crippen LogP contribution in [-0.4, -0.2) is 41.2 Å². The van der Waals surface area contributed by atoms with Gasteiger partial charge in [-0.3, -0.25) is 14.4 Å². The first-order valence-corrected chi connectivity index (χ1v) is 12.1. The lowest BCUT2D eigenvalue weighted by Crippen LogP contribution is -2.55. The van der Waals surface area contributed by atoms with Crippen LogP contribution in [0.2, 0.25) is 5.02 Å². The van der Waals surface area contributed by atoms with Crippen LogP contribution in [0.1, 0.15) is 28.1 Å². The fraction of sp³-hybridized carbons (Fsp3) is 0.240. The molecule has 0 aliphatic carbocycles. The first-order valence-electron chi connectivity index (χ1n) is 10.8. The third kappa shape index (κ3) is 4.51. The molecule has 1 aromatic heterocycles. The maximum absolute atomic E-state index is 13.4. The predicted octanol–water partition coefficient (Wildman–Crippen LogP) is 4.35. The molecule has 6 nitrogen and oxygen atoms in total. The second-order valence-corrected chi connectivity index (χ2v) is 9.78. The van der Waals surface area contributed by atoms with Crippen LogP contribution in [0, 0.1) is 0 Å². The average Bonchev–Trinajstić information content (AvgIpc) is 3.29. The van der Waals surface area contributed by atoms with Crippen molar-refractivity contribution in [2.24, 2.45) is 0 Å². The molecule has 2 aliphatic rings. The summed E-state index contributed by atoms with van der Waals surface area (Å²) in [7, 11) is 0. The van der Waals surface area contributed by atoms with Crippen LogP contribution in [0.15, 0.2) is 60.0 Å². The van der Waals surface area contributed by atoms with Crippen LogP contribution < -0.4 is 10.6 Å². The summed E-state index contributed by atoms with van der Waals surface area (Å²) in [6.45, 7) is 0.408. The van der Waals surface area contributed by atoms with Crippen LogP contribution in [0.5, 0.6) is 0 Å². The third-order valence-corrected chi connectivity index (χ3v) is 7.26. The summed E-state index contributed by atoms with van der Waals surface area (Å²) >= 11 is 7.54. The van der Waals surface area contributed by atoms with Crippen molar-refractivity contribution in [1.82, 2.24) is 10.2 Å². The number of hydrogen-bond acceptors (Lipinski definition) is 4. The molecular weight excluding hydrogens is 458 g/mol. The van der Waals surface area contributed by atoms with Gasteiger partial charge in [-0.05, 0) is 59.7 Å². The van der Waals surface area contributed by atoms with E-state index in [1.807, 2.05) is 41.8 Å². The zero-order valence-corrected chi connectivity index (χ0v) is 19.3. The van der Waals surface area contributed by atoms with Crippen molar-refractivity contribution >= 4 is 46.3 Å². The smallest absolute Gasteiger partial charge is 0.256 e. The van der Waals surface area contributed by atoms with Crippen molar-refractivity contribution in [3.63, 3.8) is 0 Å². The van der Waals surface area contributed by atoms with Crippen molar-refractivity contribution < 1.29 is 14.4 Å². The molecule has 2 aromatic carbocycles. The molecular formula is C25H22ClN3O3S. The zero-order chi connectivity index (χ0) is 22.9. The maximum Gasteiger partial charge on any atom is 0.256 e. The number of carbonyl (C=O) groups is 3. The quantitative estimate of drug-likeness (QED) is 0.583. The van der Waals surface area contributed by atoms with Gasteiger partial charge in [0.2, 0.25) is 11.8 Å². The summed E-state index contributed by atoms with van der Waals surface area (Å²) < 4.78 is 0. The molecule has 3 aromatic rings. The minimum atomic E-state index is -0.621. The summed E-state index contributed by atoms with van der Waals surface area (Å²) in [4.78, 5) is 41.5. The summed E-state index contributed by atoms with van der Waals surface area (Å²) in [6, 6.07) is 16.0. The van der Waals surface area contributed by atoms with E-state index < -0.39 is 6.04 Å². The Bertz CT molecular complexity index is 1210. The van der Waals surface area contributed by atoms with Crippen molar-refractivity contribution in [2.75, 3.05) is 11.9 Å². The molecule has 3 amide bonds. The highest BCUT2D eigenvalue weighted by Crippen LogP contribution is 2.32. The van der Waals surface area contributed by atoms with Gasteiger partial charge in [0.1, 0.15) is 6.04 Å². The molecule has 3 heterocycles. The fourth-order valence-corrected chi connectivity index (χ4v) is 5.29. The van der Waals surface area contributed by atoms with E-state index in [1.165, 1.54) is 0 Å². The van der Waals surface area contributed by atoms with Crippen LogP contribution in [0.3, 0.4) is 0 Å². The van der Waals surface area contributed by atoms with Crippen LogP contribution in [-0.2, 0) is 16.0 Å². The maximum atomic E-state index is 13.4. The fourth-order valence-electron chi connectivity index (χ4n) is 4.46. The number of carbonyl (C=O) groups excluding carboxylic acids is 3. The third-order valence-electron chi connectivity index (χ3n) is 6.13. The molecule has 1 fully saturated rings. The number of hydrogen-bond donors (Lipinski definition) is 2. The Morgan fingerprint density at radius 3 is 2.67 bits per heavy atom. The van der Waals surface area contributed by atoms with Crippen molar-refractivity contribution in [3.05, 3.63) is 75.4 Å². The largest absolute Gasteiger partial charge is 0.353 e. The van der Waals surface area contributed by atoms with Gasteiger partial charge < -0.3 is 15.5 Å². The number of nitrogens with zero attached hydrogens (tertiary/aromatic N) is 1. The van der Waals surface area contributed by atoms with Gasteiger partial charge in [-0.15, -0.1) is 11.3 Å². The molecule has 5 rings (SSSR count). The van der Waals surface area contributed by atoms with Crippen LogP contribution in [0.25, 0.3) is 11.1 Å². The number of halogens is 1. The Balaban J connectivity index is 1.33. The normalized spacial score (nSPS) is 19.8. The zero-order valence-electron chi connectivity index (χ0n) is 17.7. The minimum absolute atomic E-state index is 0.0628. The van der Waals surface area contributed by atoms with Crippen LogP contribution in [0.4, 0.5) is 5.69 Å². The van der Waals surface area contributed by atoms with E-state index >= 15 is 0 Å². The van der Waals surface area contributed by atoms with E-state index in [0.717, 1.165) is 16.0 Å². The Labute approximate surface area is 200 Å². The molecule has 8 heteroatoms.